The molecule has 154 valence electrons. The van der Waals surface area contributed by atoms with Crippen molar-refractivity contribution in [3.63, 3.8) is 0 Å². The summed E-state index contributed by atoms with van der Waals surface area (Å²) < 4.78 is 5.17. The van der Waals surface area contributed by atoms with Gasteiger partial charge in [-0.3, -0.25) is 14.4 Å². The lowest BCUT2D eigenvalue weighted by Crippen LogP contribution is -2.47. The van der Waals surface area contributed by atoms with Crippen molar-refractivity contribution in [1.82, 2.24) is 10.6 Å². The van der Waals surface area contributed by atoms with Crippen LogP contribution in [-0.4, -0.2) is 53.7 Å². The smallest absolute Gasteiger partial charge is 0.246 e. The average molecular weight is 393 g/mol. The van der Waals surface area contributed by atoms with Gasteiger partial charge in [-0.1, -0.05) is 13.0 Å². The fourth-order valence-corrected chi connectivity index (χ4v) is 2.95. The minimum absolute atomic E-state index is 0.112. The van der Waals surface area contributed by atoms with Crippen molar-refractivity contribution in [3.05, 3.63) is 23.8 Å². The number of hydrogen-bond acceptors (Lipinski definition) is 6. The van der Waals surface area contributed by atoms with Crippen molar-refractivity contribution in [2.24, 2.45) is 0 Å². The molecular weight excluding hydrogens is 366 g/mol. The van der Waals surface area contributed by atoms with Gasteiger partial charge in [0.15, 0.2) is 0 Å². The Hall–Kier alpha value is -2.65. The Morgan fingerprint density at radius 1 is 1.18 bits per heavy atom. The molecule has 2 rings (SSSR count). The molecule has 0 bridgehead atoms. The molecule has 0 aromatic heterocycles. The number of fused-ring (bicyclic) bond motifs is 1. The van der Waals surface area contributed by atoms with Crippen LogP contribution in [0.1, 0.15) is 44.3 Å². The maximum absolute atomic E-state index is 12.6. The topological polar surface area (TPSA) is 137 Å². The lowest BCUT2D eigenvalue weighted by molar-refractivity contribution is -0.128. The van der Waals surface area contributed by atoms with Crippen molar-refractivity contribution in [2.45, 2.75) is 50.9 Å². The molecule has 9 heteroatoms. The van der Waals surface area contributed by atoms with Crippen molar-refractivity contribution in [2.75, 3.05) is 19.0 Å². The summed E-state index contributed by atoms with van der Waals surface area (Å²) in [5.74, 6) is -0.829. The number of rotatable bonds is 2. The SMILES string of the molecule is CCC1NC(=O)CNC(=O)CCCC(O)C(O)c2ccc(OC)cc2NC1=O. The molecule has 0 fully saturated rings. The van der Waals surface area contributed by atoms with Crippen LogP contribution in [-0.2, 0) is 14.4 Å². The first-order valence-electron chi connectivity index (χ1n) is 9.26. The number of carbonyl (C=O) groups excluding carboxylic acids is 3. The molecule has 5 N–H and O–H groups in total. The summed E-state index contributed by atoms with van der Waals surface area (Å²) >= 11 is 0. The summed E-state index contributed by atoms with van der Waals surface area (Å²) in [5, 5.41) is 28.6. The highest BCUT2D eigenvalue weighted by Crippen LogP contribution is 2.31. The van der Waals surface area contributed by atoms with Crippen LogP contribution < -0.4 is 20.7 Å². The van der Waals surface area contributed by atoms with Gasteiger partial charge in [0.25, 0.3) is 0 Å². The Morgan fingerprint density at radius 3 is 2.61 bits per heavy atom. The van der Waals surface area contributed by atoms with E-state index in [2.05, 4.69) is 16.0 Å². The summed E-state index contributed by atoms with van der Waals surface area (Å²) in [6.45, 7) is 1.50. The third-order valence-corrected chi connectivity index (χ3v) is 4.61. The molecule has 3 amide bonds. The molecule has 1 aliphatic heterocycles. The van der Waals surface area contributed by atoms with Gasteiger partial charge in [-0.05, 0) is 25.3 Å². The average Bonchev–Trinajstić information content (AvgIpc) is 2.69. The van der Waals surface area contributed by atoms with Gasteiger partial charge in [-0.15, -0.1) is 0 Å². The number of aliphatic hydroxyl groups excluding tert-OH is 2. The molecule has 1 aliphatic rings. The van der Waals surface area contributed by atoms with Crippen LogP contribution in [0.15, 0.2) is 18.2 Å². The normalized spacial score (nSPS) is 24.7. The molecule has 0 spiro atoms. The lowest BCUT2D eigenvalue weighted by Gasteiger charge is -2.23. The van der Waals surface area contributed by atoms with E-state index in [1.807, 2.05) is 0 Å². The molecule has 1 aromatic carbocycles. The standard InChI is InChI=1S/C19H27N3O6/c1-3-13-19(27)22-14-9-11(28-2)7-8-12(14)18(26)15(23)5-4-6-16(24)20-10-17(25)21-13/h7-9,13,15,18,23,26H,3-6,10H2,1-2H3,(H,20,24)(H,21,25)(H,22,27). The number of aliphatic hydroxyl groups is 2. The van der Waals surface area contributed by atoms with Gasteiger partial charge in [0.05, 0.1) is 25.4 Å². The first-order valence-corrected chi connectivity index (χ1v) is 9.26. The van der Waals surface area contributed by atoms with Gasteiger partial charge < -0.3 is 30.9 Å². The van der Waals surface area contributed by atoms with Crippen LogP contribution in [0.25, 0.3) is 0 Å². The number of carbonyl (C=O) groups is 3. The van der Waals surface area contributed by atoms with E-state index in [9.17, 15) is 24.6 Å². The first-order chi connectivity index (χ1) is 13.3. The molecule has 0 radical (unpaired) electrons. The maximum atomic E-state index is 12.6. The molecule has 1 aromatic rings. The van der Waals surface area contributed by atoms with E-state index in [1.54, 1.807) is 25.1 Å². The second-order valence-electron chi connectivity index (χ2n) is 6.65. The predicted molar refractivity (Wildman–Crippen MR) is 102 cm³/mol. The Kier molecular flexibility index (Phi) is 7.77. The Balaban J connectivity index is 2.36. The van der Waals surface area contributed by atoms with E-state index < -0.39 is 30.1 Å². The second kappa shape index (κ2) is 10.0. The highest BCUT2D eigenvalue weighted by molar-refractivity contribution is 5.98. The first kappa shape index (κ1) is 21.6. The van der Waals surface area contributed by atoms with Gasteiger partial charge in [0, 0.05) is 18.1 Å². The Bertz CT molecular complexity index is 724. The Morgan fingerprint density at radius 2 is 1.93 bits per heavy atom. The summed E-state index contributed by atoms with van der Waals surface area (Å²) in [4.78, 5) is 36.5. The summed E-state index contributed by atoms with van der Waals surface area (Å²) in [7, 11) is 1.47. The number of nitrogens with one attached hydrogen (secondary N) is 3. The van der Waals surface area contributed by atoms with E-state index >= 15 is 0 Å². The van der Waals surface area contributed by atoms with Crippen LogP contribution >= 0.6 is 0 Å². The van der Waals surface area contributed by atoms with E-state index in [0.717, 1.165) is 0 Å². The van der Waals surface area contributed by atoms with Gasteiger partial charge in [-0.25, -0.2) is 0 Å². The van der Waals surface area contributed by atoms with Crippen LogP contribution in [0.3, 0.4) is 0 Å². The molecule has 0 saturated heterocycles. The summed E-state index contributed by atoms with van der Waals surface area (Å²) in [6, 6.07) is 3.89. The third kappa shape index (κ3) is 5.67. The monoisotopic (exact) mass is 393 g/mol. The van der Waals surface area contributed by atoms with E-state index in [4.69, 9.17) is 4.74 Å². The molecule has 0 saturated carbocycles. The second-order valence-corrected chi connectivity index (χ2v) is 6.65. The maximum Gasteiger partial charge on any atom is 0.246 e. The molecule has 3 unspecified atom stereocenters. The number of ether oxygens (including phenoxy) is 1. The van der Waals surface area contributed by atoms with E-state index in [0.29, 0.717) is 24.2 Å². The molecule has 3 atom stereocenters. The highest BCUT2D eigenvalue weighted by atomic mass is 16.5. The van der Waals surface area contributed by atoms with Gasteiger partial charge in [0.2, 0.25) is 17.7 Å². The molecule has 28 heavy (non-hydrogen) atoms. The zero-order valence-corrected chi connectivity index (χ0v) is 16.0. The highest BCUT2D eigenvalue weighted by Gasteiger charge is 2.25. The van der Waals surface area contributed by atoms with Gasteiger partial charge in [0.1, 0.15) is 17.9 Å². The van der Waals surface area contributed by atoms with Crippen molar-refractivity contribution >= 4 is 23.4 Å². The number of methoxy groups -OCH3 is 1. The Labute approximate surface area is 163 Å². The predicted octanol–water partition coefficient (Wildman–Crippen LogP) is 0.223. The summed E-state index contributed by atoms with van der Waals surface area (Å²) in [6.07, 6.45) is -1.43. The quantitative estimate of drug-likeness (QED) is 0.488. The van der Waals surface area contributed by atoms with Gasteiger partial charge in [-0.2, -0.15) is 0 Å². The van der Waals surface area contributed by atoms with Crippen LogP contribution in [0.2, 0.25) is 0 Å². The summed E-state index contributed by atoms with van der Waals surface area (Å²) in [5.41, 5.74) is 0.606. The molecular formula is C19H27N3O6. The minimum Gasteiger partial charge on any atom is -0.497 e. The zero-order chi connectivity index (χ0) is 20.7. The lowest BCUT2D eigenvalue weighted by atomic mass is 9.98. The molecule has 9 nitrogen and oxygen atoms in total. The largest absolute Gasteiger partial charge is 0.497 e. The van der Waals surface area contributed by atoms with Crippen LogP contribution in [0, 0.1) is 0 Å². The van der Waals surface area contributed by atoms with Crippen molar-refractivity contribution < 1.29 is 29.3 Å². The number of anilines is 1. The zero-order valence-electron chi connectivity index (χ0n) is 16.0. The number of benzene rings is 1. The molecule has 0 aliphatic carbocycles. The minimum atomic E-state index is -1.26. The van der Waals surface area contributed by atoms with E-state index in [-0.39, 0.29) is 31.0 Å². The van der Waals surface area contributed by atoms with Crippen molar-refractivity contribution in [1.29, 1.82) is 0 Å². The number of hydrogen-bond donors (Lipinski definition) is 5. The fraction of sp³-hybridized carbons (Fsp3) is 0.526. The van der Waals surface area contributed by atoms with E-state index in [1.165, 1.54) is 7.11 Å². The molecule has 1 heterocycles. The third-order valence-electron chi connectivity index (χ3n) is 4.61. The number of amides is 3. The van der Waals surface area contributed by atoms with Crippen molar-refractivity contribution in [3.8, 4) is 5.75 Å². The van der Waals surface area contributed by atoms with Crippen LogP contribution in [0.4, 0.5) is 5.69 Å². The van der Waals surface area contributed by atoms with Gasteiger partial charge >= 0.3 is 0 Å². The fourth-order valence-electron chi connectivity index (χ4n) is 2.95. The van der Waals surface area contributed by atoms with Crippen LogP contribution in [0.5, 0.6) is 5.75 Å².